The summed E-state index contributed by atoms with van der Waals surface area (Å²) in [6.07, 6.45) is 1.31. The van der Waals surface area contributed by atoms with Gasteiger partial charge in [-0.05, 0) is 25.1 Å². The van der Waals surface area contributed by atoms with E-state index in [2.05, 4.69) is 41.3 Å². The maximum atomic E-state index is 12.2. The molecule has 1 aromatic carbocycles. The van der Waals surface area contributed by atoms with Crippen LogP contribution in [0, 0.1) is 5.92 Å². The van der Waals surface area contributed by atoms with Crippen molar-refractivity contribution in [2.45, 2.75) is 32.8 Å². The average molecular weight is 348 g/mol. The van der Waals surface area contributed by atoms with E-state index in [-0.39, 0.29) is 18.5 Å². The zero-order valence-corrected chi connectivity index (χ0v) is 15.7. The van der Waals surface area contributed by atoms with E-state index >= 15 is 0 Å². The first-order valence-electron chi connectivity index (χ1n) is 9.30. The van der Waals surface area contributed by atoms with E-state index < -0.39 is 6.10 Å². The third kappa shape index (κ3) is 5.61. The van der Waals surface area contributed by atoms with Crippen molar-refractivity contribution >= 4 is 17.4 Å². The molecule has 0 aromatic heterocycles. The SMILES string of the molecule is CCC(CC)C(O)CNC(=O)Nc1ccccc1N1CCN(C)CC1. The first-order valence-corrected chi connectivity index (χ1v) is 9.30. The smallest absolute Gasteiger partial charge is 0.319 e. The van der Waals surface area contributed by atoms with Crippen LogP contribution in [0.3, 0.4) is 0 Å². The van der Waals surface area contributed by atoms with Gasteiger partial charge in [-0.2, -0.15) is 0 Å². The lowest BCUT2D eigenvalue weighted by molar-refractivity contribution is 0.104. The van der Waals surface area contributed by atoms with Crippen molar-refractivity contribution in [1.29, 1.82) is 0 Å². The quantitative estimate of drug-likeness (QED) is 0.708. The molecule has 0 aliphatic carbocycles. The summed E-state index contributed by atoms with van der Waals surface area (Å²) in [6, 6.07) is 7.61. The number of anilines is 2. The number of likely N-dealkylation sites (N-methyl/N-ethyl adjacent to an activating group) is 1. The van der Waals surface area contributed by atoms with Crippen LogP contribution in [0.5, 0.6) is 0 Å². The highest BCUT2D eigenvalue weighted by Crippen LogP contribution is 2.26. The number of aliphatic hydroxyl groups is 1. The van der Waals surface area contributed by atoms with Gasteiger partial charge in [-0.3, -0.25) is 0 Å². The number of nitrogens with zero attached hydrogens (tertiary/aromatic N) is 2. The summed E-state index contributed by atoms with van der Waals surface area (Å²) in [5.74, 6) is 0.220. The van der Waals surface area contributed by atoms with E-state index in [1.54, 1.807) is 0 Å². The monoisotopic (exact) mass is 348 g/mol. The second-order valence-electron chi connectivity index (χ2n) is 6.79. The minimum Gasteiger partial charge on any atom is -0.391 e. The average Bonchev–Trinajstić information content (AvgIpc) is 2.62. The van der Waals surface area contributed by atoms with Crippen LogP contribution in [-0.2, 0) is 0 Å². The maximum absolute atomic E-state index is 12.2. The number of nitrogens with one attached hydrogen (secondary N) is 2. The van der Waals surface area contributed by atoms with Crippen LogP contribution >= 0.6 is 0 Å². The first kappa shape index (κ1) is 19.5. The highest BCUT2D eigenvalue weighted by atomic mass is 16.3. The number of carbonyl (C=O) groups excluding carboxylic acids is 1. The summed E-state index contributed by atoms with van der Waals surface area (Å²) in [4.78, 5) is 16.8. The number of rotatable bonds is 7. The Kier molecular flexibility index (Phi) is 7.52. The highest BCUT2D eigenvalue weighted by Gasteiger charge is 2.19. The van der Waals surface area contributed by atoms with Crippen LogP contribution in [0.25, 0.3) is 0 Å². The van der Waals surface area contributed by atoms with E-state index in [1.807, 2.05) is 24.3 Å². The lowest BCUT2D eigenvalue weighted by atomic mass is 9.97. The van der Waals surface area contributed by atoms with Crippen LogP contribution in [0.1, 0.15) is 26.7 Å². The molecule has 1 unspecified atom stereocenters. The van der Waals surface area contributed by atoms with Crippen molar-refractivity contribution < 1.29 is 9.90 Å². The number of benzene rings is 1. The van der Waals surface area contributed by atoms with Crippen LogP contribution in [0.4, 0.5) is 16.2 Å². The van der Waals surface area contributed by atoms with Gasteiger partial charge in [0.15, 0.2) is 0 Å². The van der Waals surface area contributed by atoms with Gasteiger partial charge in [0.2, 0.25) is 0 Å². The van der Waals surface area contributed by atoms with Gasteiger partial charge < -0.3 is 25.5 Å². The minimum atomic E-state index is -0.506. The maximum Gasteiger partial charge on any atom is 0.319 e. The molecule has 140 valence electrons. The Balaban J connectivity index is 1.92. The lowest BCUT2D eigenvalue weighted by Crippen LogP contribution is -2.45. The third-order valence-corrected chi connectivity index (χ3v) is 5.06. The molecule has 25 heavy (non-hydrogen) atoms. The van der Waals surface area contributed by atoms with Crippen molar-refractivity contribution in [1.82, 2.24) is 10.2 Å². The van der Waals surface area contributed by atoms with E-state index in [9.17, 15) is 9.90 Å². The summed E-state index contributed by atoms with van der Waals surface area (Å²) in [5, 5.41) is 15.9. The second kappa shape index (κ2) is 9.63. The summed E-state index contributed by atoms with van der Waals surface area (Å²) in [7, 11) is 2.13. The molecule has 0 saturated carbocycles. The molecule has 1 aliphatic rings. The van der Waals surface area contributed by atoms with Gasteiger partial charge in [0.05, 0.1) is 17.5 Å². The van der Waals surface area contributed by atoms with Gasteiger partial charge in [-0.1, -0.05) is 38.8 Å². The van der Waals surface area contributed by atoms with Gasteiger partial charge in [-0.15, -0.1) is 0 Å². The molecule has 1 aromatic rings. The van der Waals surface area contributed by atoms with E-state index in [0.717, 1.165) is 50.4 Å². The summed E-state index contributed by atoms with van der Waals surface area (Å²) in [6.45, 7) is 8.32. The molecule has 1 saturated heterocycles. The Bertz CT molecular complexity index is 540. The van der Waals surface area contributed by atoms with Crippen LogP contribution in [-0.4, -0.2) is 61.9 Å². The predicted molar refractivity (Wildman–Crippen MR) is 103 cm³/mol. The van der Waals surface area contributed by atoms with Crippen molar-refractivity contribution in [2.75, 3.05) is 50.0 Å². The van der Waals surface area contributed by atoms with Gasteiger partial charge in [-0.25, -0.2) is 4.79 Å². The van der Waals surface area contributed by atoms with Crippen molar-refractivity contribution in [3.05, 3.63) is 24.3 Å². The number of carbonyl (C=O) groups is 1. The second-order valence-corrected chi connectivity index (χ2v) is 6.79. The van der Waals surface area contributed by atoms with Gasteiger partial charge in [0, 0.05) is 32.7 Å². The van der Waals surface area contributed by atoms with Crippen LogP contribution in [0.15, 0.2) is 24.3 Å². The number of aliphatic hydroxyl groups excluding tert-OH is 1. The molecule has 0 spiro atoms. The fourth-order valence-electron chi connectivity index (χ4n) is 3.27. The Morgan fingerprint density at radius 1 is 1.16 bits per heavy atom. The summed E-state index contributed by atoms with van der Waals surface area (Å²) < 4.78 is 0. The number of hydrogen-bond donors (Lipinski definition) is 3. The standard InChI is InChI=1S/C19H32N4O2/c1-4-15(5-2)18(24)14-20-19(25)21-16-8-6-7-9-17(16)23-12-10-22(3)11-13-23/h6-9,15,18,24H,4-5,10-14H2,1-3H3,(H2,20,21,25). The van der Waals surface area contributed by atoms with E-state index in [1.165, 1.54) is 0 Å². The van der Waals surface area contributed by atoms with Crippen LogP contribution < -0.4 is 15.5 Å². The summed E-state index contributed by atoms with van der Waals surface area (Å²) in [5.41, 5.74) is 1.85. The van der Waals surface area contributed by atoms with Crippen molar-refractivity contribution in [3.8, 4) is 0 Å². The predicted octanol–water partition coefficient (Wildman–Crippen LogP) is 2.36. The van der Waals surface area contributed by atoms with Crippen molar-refractivity contribution in [2.24, 2.45) is 5.92 Å². The fourth-order valence-corrected chi connectivity index (χ4v) is 3.27. The number of para-hydroxylation sites is 2. The zero-order valence-electron chi connectivity index (χ0n) is 15.7. The van der Waals surface area contributed by atoms with Crippen molar-refractivity contribution in [3.63, 3.8) is 0 Å². The summed E-state index contributed by atoms with van der Waals surface area (Å²) >= 11 is 0. The lowest BCUT2D eigenvalue weighted by Gasteiger charge is -2.35. The topological polar surface area (TPSA) is 67.8 Å². The number of amides is 2. The third-order valence-electron chi connectivity index (χ3n) is 5.06. The Morgan fingerprint density at radius 2 is 1.80 bits per heavy atom. The van der Waals surface area contributed by atoms with E-state index in [0.29, 0.717) is 0 Å². The molecule has 1 atom stereocenters. The Morgan fingerprint density at radius 3 is 2.44 bits per heavy atom. The molecule has 1 fully saturated rings. The molecule has 3 N–H and O–H groups in total. The number of urea groups is 1. The normalized spacial score (nSPS) is 16.8. The molecule has 0 radical (unpaired) electrons. The molecule has 2 rings (SSSR count). The first-order chi connectivity index (χ1) is 12.0. The molecule has 1 aliphatic heterocycles. The molecular weight excluding hydrogens is 316 g/mol. The molecule has 6 heteroatoms. The minimum absolute atomic E-state index is 0.220. The number of hydrogen-bond acceptors (Lipinski definition) is 4. The number of piperazine rings is 1. The van der Waals surface area contributed by atoms with E-state index in [4.69, 9.17) is 0 Å². The molecule has 1 heterocycles. The Labute approximate surface area is 151 Å². The molecule has 6 nitrogen and oxygen atoms in total. The molecule has 2 amide bonds. The zero-order chi connectivity index (χ0) is 18.2. The molecule has 0 bridgehead atoms. The fraction of sp³-hybridized carbons (Fsp3) is 0.632. The molecular formula is C19H32N4O2. The Hall–Kier alpha value is -1.79. The largest absolute Gasteiger partial charge is 0.391 e. The van der Waals surface area contributed by atoms with Gasteiger partial charge in [0.25, 0.3) is 0 Å². The van der Waals surface area contributed by atoms with Crippen LogP contribution in [0.2, 0.25) is 0 Å². The van der Waals surface area contributed by atoms with Gasteiger partial charge >= 0.3 is 6.03 Å². The van der Waals surface area contributed by atoms with Gasteiger partial charge in [0.1, 0.15) is 0 Å². The highest BCUT2D eigenvalue weighted by molar-refractivity contribution is 5.93.